The van der Waals surface area contributed by atoms with E-state index >= 15 is 0 Å². The van der Waals surface area contributed by atoms with Crippen molar-refractivity contribution in [2.24, 2.45) is 0 Å². The molecule has 0 heterocycles. The normalized spacial score (nSPS) is 11.2. The van der Waals surface area contributed by atoms with Crippen molar-refractivity contribution in [3.63, 3.8) is 0 Å². The number of hydrogen-bond acceptors (Lipinski definition) is 6. The molecule has 2 rings (SSSR count). The van der Waals surface area contributed by atoms with E-state index in [0.717, 1.165) is 5.56 Å². The predicted octanol–water partition coefficient (Wildman–Crippen LogP) is 2.47. The lowest BCUT2D eigenvalue weighted by molar-refractivity contribution is -0.385. The Hall–Kier alpha value is -3.75. The highest BCUT2D eigenvalue weighted by Gasteiger charge is 2.27. The molecule has 0 aliphatic rings. The van der Waals surface area contributed by atoms with Crippen molar-refractivity contribution in [1.82, 2.24) is 10.6 Å². The molecule has 0 spiro atoms. The van der Waals surface area contributed by atoms with Gasteiger partial charge in [-0.05, 0) is 25.0 Å². The van der Waals surface area contributed by atoms with Crippen LogP contribution in [0.5, 0.6) is 0 Å². The van der Waals surface area contributed by atoms with Crippen molar-refractivity contribution in [3.8, 4) is 0 Å². The minimum absolute atomic E-state index is 0.212. The predicted molar refractivity (Wildman–Crippen MR) is 99.5 cm³/mol. The van der Waals surface area contributed by atoms with Crippen LogP contribution in [0.15, 0.2) is 48.5 Å². The van der Waals surface area contributed by atoms with Crippen molar-refractivity contribution in [3.05, 3.63) is 75.3 Å². The van der Waals surface area contributed by atoms with Crippen LogP contribution in [0, 0.1) is 17.0 Å². The van der Waals surface area contributed by atoms with Gasteiger partial charge in [0.2, 0.25) is 0 Å². The lowest BCUT2D eigenvalue weighted by Gasteiger charge is -2.14. The molecule has 0 fully saturated rings. The number of nitro groups is 1. The zero-order valence-corrected chi connectivity index (χ0v) is 15.3. The van der Waals surface area contributed by atoms with Crippen LogP contribution in [0.2, 0.25) is 0 Å². The molecule has 0 saturated carbocycles. The van der Waals surface area contributed by atoms with E-state index in [1.807, 2.05) is 30.3 Å². The third kappa shape index (κ3) is 5.37. The summed E-state index contributed by atoms with van der Waals surface area (Å²) in [4.78, 5) is 46.6. The van der Waals surface area contributed by atoms with Crippen LogP contribution in [-0.4, -0.2) is 28.9 Å². The fourth-order valence-electron chi connectivity index (χ4n) is 2.38. The van der Waals surface area contributed by atoms with Gasteiger partial charge in [-0.3, -0.25) is 20.2 Å². The van der Waals surface area contributed by atoms with Crippen LogP contribution < -0.4 is 10.6 Å². The average Bonchev–Trinajstić information content (AvgIpc) is 2.66. The summed E-state index contributed by atoms with van der Waals surface area (Å²) < 4.78 is 5.00. The van der Waals surface area contributed by atoms with Gasteiger partial charge < -0.3 is 10.1 Å². The van der Waals surface area contributed by atoms with E-state index in [9.17, 15) is 24.5 Å². The number of urea groups is 1. The van der Waals surface area contributed by atoms with E-state index in [1.54, 1.807) is 0 Å². The smallest absolute Gasteiger partial charge is 0.346 e. The van der Waals surface area contributed by atoms with Crippen LogP contribution >= 0.6 is 0 Å². The molecule has 3 amide bonds. The fourth-order valence-corrected chi connectivity index (χ4v) is 2.38. The van der Waals surface area contributed by atoms with Crippen molar-refractivity contribution >= 4 is 23.6 Å². The van der Waals surface area contributed by atoms with Crippen LogP contribution in [0.25, 0.3) is 0 Å². The number of imide groups is 1. The van der Waals surface area contributed by atoms with Crippen LogP contribution in [0.1, 0.15) is 28.4 Å². The summed E-state index contributed by atoms with van der Waals surface area (Å²) in [7, 11) is 0. The van der Waals surface area contributed by atoms with Gasteiger partial charge in [-0.1, -0.05) is 42.5 Å². The van der Waals surface area contributed by atoms with Crippen molar-refractivity contribution in [2.45, 2.75) is 26.5 Å². The molecule has 9 nitrogen and oxygen atoms in total. The molecule has 0 aliphatic carbocycles. The van der Waals surface area contributed by atoms with E-state index in [2.05, 4.69) is 10.6 Å². The highest BCUT2D eigenvalue weighted by Crippen LogP contribution is 2.23. The molecule has 0 bridgehead atoms. The number of esters is 1. The first kappa shape index (κ1) is 20.6. The Morgan fingerprint density at radius 1 is 1.11 bits per heavy atom. The summed E-state index contributed by atoms with van der Waals surface area (Å²) in [5.41, 5.74) is 0.530. The van der Waals surface area contributed by atoms with Gasteiger partial charge in [0.25, 0.3) is 11.6 Å². The van der Waals surface area contributed by atoms with Gasteiger partial charge in [0, 0.05) is 12.6 Å². The lowest BCUT2D eigenvalue weighted by atomic mass is 10.1. The van der Waals surface area contributed by atoms with Crippen LogP contribution in [0.4, 0.5) is 10.5 Å². The molecule has 146 valence electrons. The van der Waals surface area contributed by atoms with Gasteiger partial charge in [-0.15, -0.1) is 0 Å². The Balaban J connectivity index is 1.94. The first-order valence-corrected chi connectivity index (χ1v) is 8.37. The van der Waals surface area contributed by atoms with Gasteiger partial charge in [0.05, 0.1) is 4.92 Å². The standard InChI is InChI=1S/C19H19N3O6/c1-12-7-6-10-15(22(26)27)16(12)18(24)28-13(2)17(23)21-19(25)20-11-14-8-4-3-5-9-14/h3-10,13H,11H2,1-2H3,(H2,20,21,23,25). The second-order valence-electron chi connectivity index (χ2n) is 5.93. The first-order chi connectivity index (χ1) is 13.3. The summed E-state index contributed by atoms with van der Waals surface area (Å²) in [6.07, 6.45) is -1.32. The third-order valence-corrected chi connectivity index (χ3v) is 3.84. The van der Waals surface area contributed by atoms with Gasteiger partial charge in [0.1, 0.15) is 5.56 Å². The van der Waals surface area contributed by atoms with E-state index in [-0.39, 0.29) is 12.1 Å². The van der Waals surface area contributed by atoms with Gasteiger partial charge in [0.15, 0.2) is 6.10 Å². The zero-order valence-electron chi connectivity index (χ0n) is 15.3. The molecule has 0 aromatic heterocycles. The largest absolute Gasteiger partial charge is 0.449 e. The first-order valence-electron chi connectivity index (χ1n) is 8.37. The van der Waals surface area contributed by atoms with E-state index in [4.69, 9.17) is 4.74 Å². The maximum absolute atomic E-state index is 12.3. The molecule has 1 atom stereocenters. The molecule has 9 heteroatoms. The number of nitro benzene ring substituents is 1. The van der Waals surface area contributed by atoms with Crippen molar-refractivity contribution in [1.29, 1.82) is 0 Å². The zero-order chi connectivity index (χ0) is 20.7. The quantitative estimate of drug-likeness (QED) is 0.447. The molecule has 28 heavy (non-hydrogen) atoms. The molecular weight excluding hydrogens is 366 g/mol. The molecule has 1 unspecified atom stereocenters. The van der Waals surface area contributed by atoms with Crippen molar-refractivity contribution < 1.29 is 24.0 Å². The Morgan fingerprint density at radius 3 is 2.43 bits per heavy atom. The lowest BCUT2D eigenvalue weighted by Crippen LogP contribution is -2.44. The van der Waals surface area contributed by atoms with Crippen LogP contribution in [0.3, 0.4) is 0 Å². The number of benzene rings is 2. The molecule has 2 aromatic rings. The van der Waals surface area contributed by atoms with E-state index in [0.29, 0.717) is 5.56 Å². The molecular formula is C19H19N3O6. The number of carbonyl (C=O) groups is 3. The fraction of sp³-hybridized carbons (Fsp3) is 0.211. The molecule has 2 aromatic carbocycles. The minimum atomic E-state index is -1.32. The maximum atomic E-state index is 12.3. The number of nitrogens with one attached hydrogen (secondary N) is 2. The SMILES string of the molecule is Cc1cccc([N+](=O)[O-])c1C(=O)OC(C)C(=O)NC(=O)NCc1ccccc1. The summed E-state index contributed by atoms with van der Waals surface area (Å²) in [5, 5.41) is 15.7. The number of carbonyl (C=O) groups excluding carboxylic acids is 3. The summed E-state index contributed by atoms with van der Waals surface area (Å²) in [5.74, 6) is -1.87. The van der Waals surface area contributed by atoms with E-state index in [1.165, 1.54) is 32.0 Å². The number of ether oxygens (including phenoxy) is 1. The van der Waals surface area contributed by atoms with Crippen molar-refractivity contribution in [2.75, 3.05) is 0 Å². The maximum Gasteiger partial charge on any atom is 0.346 e. The topological polar surface area (TPSA) is 128 Å². The second-order valence-corrected chi connectivity index (χ2v) is 5.93. The molecule has 0 saturated heterocycles. The van der Waals surface area contributed by atoms with Gasteiger partial charge in [-0.25, -0.2) is 9.59 Å². The number of nitrogens with zero attached hydrogens (tertiary/aromatic N) is 1. The molecule has 2 N–H and O–H groups in total. The van der Waals surface area contributed by atoms with Crippen LogP contribution in [-0.2, 0) is 16.1 Å². The Labute approximate surface area is 160 Å². The van der Waals surface area contributed by atoms with Gasteiger partial charge in [-0.2, -0.15) is 0 Å². The monoisotopic (exact) mass is 385 g/mol. The van der Waals surface area contributed by atoms with E-state index < -0.39 is 34.6 Å². The minimum Gasteiger partial charge on any atom is -0.449 e. The average molecular weight is 385 g/mol. The Bertz CT molecular complexity index is 898. The van der Waals surface area contributed by atoms with Gasteiger partial charge >= 0.3 is 12.0 Å². The summed E-state index contributed by atoms with van der Waals surface area (Å²) >= 11 is 0. The summed E-state index contributed by atoms with van der Waals surface area (Å²) in [6, 6.07) is 12.5. The number of rotatable bonds is 6. The second kappa shape index (κ2) is 9.26. The third-order valence-electron chi connectivity index (χ3n) is 3.84. The molecule has 0 aliphatic heterocycles. The molecule has 0 radical (unpaired) electrons. The number of hydrogen-bond donors (Lipinski definition) is 2. The summed E-state index contributed by atoms with van der Waals surface area (Å²) in [6.45, 7) is 3.00. The number of aryl methyl sites for hydroxylation is 1. The highest BCUT2D eigenvalue weighted by molar-refractivity contribution is 6.00. The number of amides is 3. The Morgan fingerprint density at radius 2 is 1.79 bits per heavy atom. The highest BCUT2D eigenvalue weighted by atomic mass is 16.6. The Kier molecular flexibility index (Phi) is 6.80.